The summed E-state index contributed by atoms with van der Waals surface area (Å²) in [6.07, 6.45) is 3.01. The van der Waals surface area contributed by atoms with Crippen LogP contribution < -0.4 is 15.4 Å². The number of aromatic nitrogens is 4. The number of methoxy groups -OCH3 is 2. The number of ether oxygens (including phenoxy) is 2. The summed E-state index contributed by atoms with van der Waals surface area (Å²) in [7, 11) is 3.22. The fraction of sp³-hybridized carbons (Fsp3) is 0.172. The fourth-order valence-corrected chi connectivity index (χ4v) is 4.21. The molecule has 2 aromatic heterocycles. The van der Waals surface area contributed by atoms with E-state index in [1.54, 1.807) is 20.4 Å². The van der Waals surface area contributed by atoms with Crippen molar-refractivity contribution < 1.29 is 19.0 Å². The molecule has 1 unspecified atom stereocenters. The van der Waals surface area contributed by atoms with Crippen molar-refractivity contribution in [3.05, 3.63) is 96.5 Å². The van der Waals surface area contributed by atoms with Crippen LogP contribution in [-0.4, -0.2) is 45.9 Å². The first-order valence-electron chi connectivity index (χ1n) is 12.3. The Bertz CT molecular complexity index is 1510. The SMILES string of the molecule is COCC(Nc1nc(Nc2ccc(-c3cnco3)c(OC)c2)nc(-c2ccccc2)n1)c1ccccc1CO. The zero-order chi connectivity index (χ0) is 27.0. The third-order valence-electron chi connectivity index (χ3n) is 6.06. The minimum Gasteiger partial charge on any atom is -0.496 e. The molecule has 5 aromatic rings. The molecule has 2 heterocycles. The van der Waals surface area contributed by atoms with Crippen molar-refractivity contribution in [1.29, 1.82) is 0 Å². The van der Waals surface area contributed by atoms with Gasteiger partial charge in [-0.2, -0.15) is 15.0 Å². The molecule has 0 aliphatic carbocycles. The molecule has 0 spiro atoms. The largest absolute Gasteiger partial charge is 0.496 e. The van der Waals surface area contributed by atoms with Gasteiger partial charge in [0.15, 0.2) is 18.0 Å². The molecular weight excluding hydrogens is 496 g/mol. The minimum absolute atomic E-state index is 0.0940. The molecule has 0 aliphatic heterocycles. The highest BCUT2D eigenvalue weighted by molar-refractivity contribution is 5.71. The lowest BCUT2D eigenvalue weighted by Gasteiger charge is -2.21. The van der Waals surface area contributed by atoms with Gasteiger partial charge >= 0.3 is 0 Å². The molecule has 10 heteroatoms. The van der Waals surface area contributed by atoms with Crippen LogP contribution in [-0.2, 0) is 11.3 Å². The first kappa shape index (κ1) is 25.8. The molecule has 3 N–H and O–H groups in total. The summed E-state index contributed by atoms with van der Waals surface area (Å²) in [5, 5.41) is 16.5. The monoisotopic (exact) mass is 524 g/mol. The fourth-order valence-electron chi connectivity index (χ4n) is 4.21. The summed E-state index contributed by atoms with van der Waals surface area (Å²) in [4.78, 5) is 18.0. The molecule has 0 aliphatic rings. The van der Waals surface area contributed by atoms with E-state index in [0.717, 1.165) is 22.3 Å². The summed E-state index contributed by atoms with van der Waals surface area (Å²) in [6.45, 7) is 0.246. The van der Waals surface area contributed by atoms with Crippen LogP contribution in [0, 0.1) is 0 Å². The van der Waals surface area contributed by atoms with Crippen molar-refractivity contribution in [1.82, 2.24) is 19.9 Å². The van der Waals surface area contributed by atoms with Gasteiger partial charge in [0.05, 0.1) is 38.1 Å². The van der Waals surface area contributed by atoms with Crippen LogP contribution in [0.25, 0.3) is 22.7 Å². The zero-order valence-electron chi connectivity index (χ0n) is 21.5. The highest BCUT2D eigenvalue weighted by atomic mass is 16.5. The van der Waals surface area contributed by atoms with Crippen LogP contribution in [0.15, 0.2) is 89.8 Å². The van der Waals surface area contributed by atoms with Crippen molar-refractivity contribution in [3.8, 4) is 28.5 Å². The van der Waals surface area contributed by atoms with Gasteiger partial charge in [-0.25, -0.2) is 4.98 Å². The predicted molar refractivity (Wildman–Crippen MR) is 148 cm³/mol. The molecule has 0 radical (unpaired) electrons. The lowest BCUT2D eigenvalue weighted by Crippen LogP contribution is -2.20. The second-order valence-corrected chi connectivity index (χ2v) is 8.59. The number of rotatable bonds is 11. The molecular formula is C29H28N6O4. The third kappa shape index (κ3) is 6.03. The number of hydrogen-bond donors (Lipinski definition) is 3. The Morgan fingerprint density at radius 3 is 2.46 bits per heavy atom. The molecule has 5 rings (SSSR count). The summed E-state index contributed by atoms with van der Waals surface area (Å²) < 4.78 is 16.5. The maximum absolute atomic E-state index is 9.89. The first-order valence-corrected chi connectivity index (χ1v) is 12.3. The lowest BCUT2D eigenvalue weighted by molar-refractivity contribution is 0.185. The number of oxazole rings is 1. The van der Waals surface area contributed by atoms with E-state index in [1.807, 2.05) is 72.8 Å². The average Bonchev–Trinajstić information content (AvgIpc) is 3.52. The van der Waals surface area contributed by atoms with Crippen LogP contribution >= 0.6 is 0 Å². The van der Waals surface area contributed by atoms with E-state index in [4.69, 9.17) is 18.9 Å². The van der Waals surface area contributed by atoms with E-state index in [-0.39, 0.29) is 12.6 Å². The highest BCUT2D eigenvalue weighted by Crippen LogP contribution is 2.33. The van der Waals surface area contributed by atoms with Crippen molar-refractivity contribution in [2.75, 3.05) is 31.5 Å². The highest BCUT2D eigenvalue weighted by Gasteiger charge is 2.18. The maximum Gasteiger partial charge on any atom is 0.232 e. The minimum atomic E-state index is -0.307. The van der Waals surface area contributed by atoms with Crippen LogP contribution in [0.1, 0.15) is 17.2 Å². The van der Waals surface area contributed by atoms with Gasteiger partial charge in [0.25, 0.3) is 0 Å². The lowest BCUT2D eigenvalue weighted by atomic mass is 10.0. The number of benzene rings is 3. The predicted octanol–water partition coefficient (Wildman–Crippen LogP) is 5.24. The standard InChI is InChI=1S/C29H28N6O4/c1-37-17-24(22-11-7-6-10-20(22)16-36)32-29-34-27(19-8-4-3-5-9-19)33-28(35-29)31-21-12-13-23(25(14-21)38-2)26-15-30-18-39-26/h3-15,18,24,36H,16-17H2,1-2H3,(H2,31,32,33,34,35). The molecule has 0 bridgehead atoms. The third-order valence-corrected chi connectivity index (χ3v) is 6.06. The number of hydrogen-bond acceptors (Lipinski definition) is 10. The van der Waals surface area contributed by atoms with Crippen LogP contribution in [0.2, 0.25) is 0 Å². The van der Waals surface area contributed by atoms with Crippen LogP contribution in [0.3, 0.4) is 0 Å². The summed E-state index contributed by atoms with van der Waals surface area (Å²) in [5.41, 5.74) is 4.01. The Kier molecular flexibility index (Phi) is 8.06. The summed E-state index contributed by atoms with van der Waals surface area (Å²) in [5.74, 6) is 2.39. The Morgan fingerprint density at radius 1 is 0.923 bits per heavy atom. The number of anilines is 3. The molecule has 0 fully saturated rings. The Balaban J connectivity index is 1.51. The second-order valence-electron chi connectivity index (χ2n) is 8.59. The van der Waals surface area contributed by atoms with E-state index in [2.05, 4.69) is 25.6 Å². The van der Waals surface area contributed by atoms with Gasteiger partial charge in [-0.15, -0.1) is 0 Å². The number of nitrogens with zero attached hydrogens (tertiary/aromatic N) is 4. The number of aliphatic hydroxyl groups excluding tert-OH is 1. The van der Waals surface area contributed by atoms with E-state index in [1.165, 1.54) is 6.39 Å². The molecule has 1 atom stereocenters. The van der Waals surface area contributed by atoms with Gasteiger partial charge in [-0.3, -0.25) is 0 Å². The normalized spacial score (nSPS) is 11.7. The van der Waals surface area contributed by atoms with E-state index in [9.17, 15) is 5.11 Å². The van der Waals surface area contributed by atoms with E-state index in [0.29, 0.717) is 41.5 Å². The molecule has 0 amide bonds. The topological polar surface area (TPSA) is 127 Å². The quantitative estimate of drug-likeness (QED) is 0.211. The van der Waals surface area contributed by atoms with Gasteiger partial charge < -0.3 is 29.6 Å². The van der Waals surface area contributed by atoms with Gasteiger partial charge in [-0.05, 0) is 23.3 Å². The average molecular weight is 525 g/mol. The maximum atomic E-state index is 9.89. The first-order chi connectivity index (χ1) is 19.2. The number of aliphatic hydroxyl groups is 1. The van der Waals surface area contributed by atoms with Gasteiger partial charge in [0, 0.05) is 24.4 Å². The van der Waals surface area contributed by atoms with Crippen LogP contribution in [0.5, 0.6) is 5.75 Å². The molecule has 0 saturated carbocycles. The van der Waals surface area contributed by atoms with Crippen molar-refractivity contribution in [3.63, 3.8) is 0 Å². The summed E-state index contributed by atoms with van der Waals surface area (Å²) in [6, 6.07) is 22.6. The summed E-state index contributed by atoms with van der Waals surface area (Å²) >= 11 is 0. The van der Waals surface area contributed by atoms with E-state index < -0.39 is 0 Å². The van der Waals surface area contributed by atoms with Crippen molar-refractivity contribution in [2.24, 2.45) is 0 Å². The Morgan fingerprint density at radius 2 is 1.72 bits per heavy atom. The molecule has 0 saturated heterocycles. The molecule has 10 nitrogen and oxygen atoms in total. The van der Waals surface area contributed by atoms with Gasteiger partial charge in [-0.1, -0.05) is 54.6 Å². The van der Waals surface area contributed by atoms with Gasteiger partial charge in [0.1, 0.15) is 5.75 Å². The Labute approximate surface area is 225 Å². The molecule has 198 valence electrons. The molecule has 3 aromatic carbocycles. The van der Waals surface area contributed by atoms with Crippen molar-refractivity contribution in [2.45, 2.75) is 12.6 Å². The molecule has 39 heavy (non-hydrogen) atoms. The van der Waals surface area contributed by atoms with Crippen LogP contribution in [0.4, 0.5) is 17.6 Å². The van der Waals surface area contributed by atoms with Gasteiger partial charge in [0.2, 0.25) is 11.9 Å². The second kappa shape index (κ2) is 12.2. The number of nitrogens with one attached hydrogen (secondary N) is 2. The van der Waals surface area contributed by atoms with Crippen molar-refractivity contribution >= 4 is 17.6 Å². The smallest absolute Gasteiger partial charge is 0.232 e. The Hall–Kier alpha value is -4.80. The zero-order valence-corrected chi connectivity index (χ0v) is 21.5. The van der Waals surface area contributed by atoms with E-state index >= 15 is 0 Å².